The van der Waals surface area contributed by atoms with Crippen LogP contribution in [0.15, 0.2) is 219 Å². The number of nitrogens with zero attached hydrogens (tertiary/aromatic N) is 4. The number of para-hydroxylation sites is 4. The topological polar surface area (TPSA) is 26.6 Å². The van der Waals surface area contributed by atoms with Gasteiger partial charge in [-0.15, -0.1) is 5.39 Å². The van der Waals surface area contributed by atoms with Crippen LogP contribution in [0.25, 0.3) is 120 Å². The first-order valence-corrected chi connectivity index (χ1v) is 32.4. The van der Waals surface area contributed by atoms with Gasteiger partial charge in [0.2, 0.25) is 6.33 Å². The van der Waals surface area contributed by atoms with Gasteiger partial charge < -0.3 is 13.7 Å². The van der Waals surface area contributed by atoms with E-state index in [-0.39, 0.29) is 42.7 Å². The van der Waals surface area contributed by atoms with Gasteiger partial charge in [0.05, 0.1) is 22.1 Å². The van der Waals surface area contributed by atoms with Crippen LogP contribution in [0.5, 0.6) is 0 Å². The molecule has 0 atom stereocenters. The molecular formula is C87H84N4Pt-2. The molecule has 0 amide bonds. The third-order valence-electron chi connectivity index (χ3n) is 18.3. The van der Waals surface area contributed by atoms with E-state index in [1.54, 1.807) is 0 Å². The molecule has 0 N–H and O–H groups in total. The van der Waals surface area contributed by atoms with Crippen molar-refractivity contribution in [1.82, 2.24) is 14.1 Å². The normalized spacial score (nSPS) is 12.9. The molecule has 0 fully saturated rings. The van der Waals surface area contributed by atoms with Crippen molar-refractivity contribution < 1.29 is 29.7 Å². The molecule has 0 aliphatic carbocycles. The van der Waals surface area contributed by atoms with Crippen molar-refractivity contribution in [3.8, 4) is 22.6 Å². The summed E-state index contributed by atoms with van der Waals surface area (Å²) in [5.74, 6) is 0.950. The first kappa shape index (κ1) is 59.6. The van der Waals surface area contributed by atoms with E-state index in [1.807, 2.05) is 59.3 Å². The Balaban J connectivity index is 0.000000301. The predicted molar refractivity (Wildman–Crippen MR) is 390 cm³/mol. The molecule has 0 radical (unpaired) electrons. The van der Waals surface area contributed by atoms with Crippen LogP contribution in [0.4, 0.5) is 0 Å². The van der Waals surface area contributed by atoms with E-state index in [0.717, 1.165) is 79.9 Å². The zero-order chi connectivity index (χ0) is 66.2. The summed E-state index contributed by atoms with van der Waals surface area (Å²) >= 11 is 0. The summed E-state index contributed by atoms with van der Waals surface area (Å²) in [6, 6.07) is 83.9. The van der Waals surface area contributed by atoms with E-state index < -0.39 is 6.98 Å². The van der Waals surface area contributed by atoms with Crippen LogP contribution in [-0.4, -0.2) is 14.1 Å². The van der Waals surface area contributed by atoms with Gasteiger partial charge in [0.1, 0.15) is 5.82 Å². The van der Waals surface area contributed by atoms with Crippen molar-refractivity contribution in [3.05, 3.63) is 265 Å². The fourth-order valence-electron chi connectivity index (χ4n) is 12.9. The molecule has 0 aliphatic rings. The molecule has 11 aromatic carbocycles. The second-order valence-electron chi connectivity index (χ2n) is 29.2. The summed E-state index contributed by atoms with van der Waals surface area (Å²) in [7, 11) is 0. The van der Waals surface area contributed by atoms with E-state index in [4.69, 9.17) is 4.11 Å². The van der Waals surface area contributed by atoms with Gasteiger partial charge in [-0.25, -0.2) is 4.98 Å². The number of rotatable bonds is 6. The molecule has 0 aliphatic heterocycles. The second-order valence-corrected chi connectivity index (χ2v) is 29.2. The van der Waals surface area contributed by atoms with Crippen LogP contribution >= 0.6 is 0 Å². The number of aryl methyl sites for hydroxylation is 2. The number of unbranched alkanes of at least 4 members (excludes halogenated alkanes) is 1. The van der Waals surface area contributed by atoms with Crippen LogP contribution < -0.4 is 4.57 Å². The van der Waals surface area contributed by atoms with Gasteiger partial charge in [-0.3, -0.25) is 0 Å². The standard InChI is InChI=1S/C66H65N2.C21H19N2.Pt/c1-12-13-19-43-26-46-29-47(27-43)52-31-50(36-57(38-52)64(2,3)4)44-20-17-21-45(28-44)51-32-54(40-58(37-51)65(5,6)7)55-33-53(39-59(41-55)66(8,9)10)49-30-48(46)34-56(35-49)61-24-18-25-62-63(61)67(11)42-68(62)60-22-15-14-16-23-60;1-21(2,3)15-12-13-22-20(14-15)23-18-10-6-4-8-16(18)17-9-5-7-11-19(17)23;/h14-18,20-22,24-41H,12-13,19H2,1-11H3;4-10,12-14H,1-3H3;/q2*-1;/i11D3;;. The quantitative estimate of drug-likeness (QED) is 0.120. The summed E-state index contributed by atoms with van der Waals surface area (Å²) in [6.07, 6.45) is 8.28. The number of hydrogen-bond donors (Lipinski definition) is 0. The van der Waals surface area contributed by atoms with Gasteiger partial charge in [-0.2, -0.15) is 54.6 Å². The van der Waals surface area contributed by atoms with Crippen LogP contribution in [0.3, 0.4) is 0 Å². The maximum atomic E-state index is 8.84. The fraction of sp³-hybridized carbons (Fsp3) is 0.241. The first-order chi connectivity index (χ1) is 44.7. The molecule has 14 rings (SSSR count). The molecule has 12 bridgehead atoms. The Kier molecular flexibility index (Phi) is 16.0. The summed E-state index contributed by atoms with van der Waals surface area (Å²) in [5, 5.41) is 16.3. The Hall–Kier alpha value is -8.69. The maximum absolute atomic E-state index is 8.84. The van der Waals surface area contributed by atoms with Crippen LogP contribution in [0.1, 0.15) is 135 Å². The molecule has 4 nitrogen and oxygen atoms in total. The molecule has 5 heteroatoms. The van der Waals surface area contributed by atoms with Crippen LogP contribution in [-0.2, 0) is 56.1 Å². The zero-order valence-electron chi connectivity index (χ0n) is 58.5. The minimum absolute atomic E-state index is 0. The number of hydrogen-bond acceptors (Lipinski definition) is 1. The van der Waals surface area contributed by atoms with Gasteiger partial charge in [-0.05, 0) is 210 Å². The van der Waals surface area contributed by atoms with Gasteiger partial charge >= 0.3 is 0 Å². The van der Waals surface area contributed by atoms with Crippen molar-refractivity contribution in [2.75, 3.05) is 0 Å². The van der Waals surface area contributed by atoms with Crippen molar-refractivity contribution in [2.24, 2.45) is 6.98 Å². The summed E-state index contributed by atoms with van der Waals surface area (Å²) in [5.41, 5.74) is 12.1. The SMILES string of the molecule is CC(C)(C)c1ccnc(-n2c3[c-]cccc3c3ccccc32)c1.[2H]C([2H])([2H])[n+]1[c-]n(-c2[c-]cccc2)c2cccc(-c3cc4cc(c3)c3cc(C(C)(C)C)cc(c3)c3cc(C(C)(C)C)cc(c3)c3cccc(c3)c3cc(C(C)(C)C)cc(c3)c3cc(CCCC)cc4c3)c21.[Pt]. The fourth-order valence-corrected chi connectivity index (χ4v) is 12.9. The third kappa shape index (κ3) is 12.7. The maximum Gasteiger partial charge on any atom is 0.242 e. The van der Waals surface area contributed by atoms with E-state index >= 15 is 0 Å². The Morgan fingerprint density at radius 3 is 1.46 bits per heavy atom. The average Bonchev–Trinajstić information content (AvgIpc) is 1.66. The van der Waals surface area contributed by atoms with E-state index in [2.05, 4.69) is 282 Å². The molecule has 0 spiro atoms. The smallest absolute Gasteiger partial charge is 0.242 e. The van der Waals surface area contributed by atoms with Crippen molar-refractivity contribution in [3.63, 3.8) is 0 Å². The van der Waals surface area contributed by atoms with Crippen LogP contribution in [0, 0.1) is 18.5 Å². The first-order valence-electron chi connectivity index (χ1n) is 33.9. The van der Waals surface area contributed by atoms with Crippen molar-refractivity contribution in [1.29, 1.82) is 0 Å². The molecule has 3 heterocycles. The van der Waals surface area contributed by atoms with E-state index in [0.29, 0.717) is 5.52 Å². The number of imidazole rings is 1. The number of fused-ring (bicyclic) bond motifs is 22. The molecule has 92 heavy (non-hydrogen) atoms. The molecule has 464 valence electrons. The number of benzene rings is 10. The Morgan fingerprint density at radius 1 is 0.446 bits per heavy atom. The molecule has 3 aromatic heterocycles. The molecule has 0 saturated heterocycles. The Labute approximate surface area is 563 Å². The van der Waals surface area contributed by atoms with Crippen molar-refractivity contribution in [2.45, 2.75) is 131 Å². The monoisotopic (exact) mass is 1380 g/mol. The molecule has 14 aromatic rings. The Bertz CT molecular complexity index is 5340. The van der Waals surface area contributed by atoms with Gasteiger partial charge in [0.25, 0.3) is 0 Å². The minimum atomic E-state index is -2.50. The largest absolute Gasteiger partial charge is 0.342 e. The van der Waals surface area contributed by atoms with Crippen molar-refractivity contribution >= 4 is 97.5 Å². The molecule has 0 saturated carbocycles. The van der Waals surface area contributed by atoms with Gasteiger partial charge in [0, 0.05) is 32.8 Å². The van der Waals surface area contributed by atoms with Crippen LogP contribution in [0.2, 0.25) is 0 Å². The predicted octanol–water partition coefficient (Wildman–Crippen LogP) is 22.8. The van der Waals surface area contributed by atoms with Gasteiger partial charge in [-0.1, -0.05) is 211 Å². The minimum Gasteiger partial charge on any atom is -0.342 e. The second kappa shape index (κ2) is 24.7. The third-order valence-corrected chi connectivity index (χ3v) is 18.3. The number of aromatic nitrogens is 4. The summed E-state index contributed by atoms with van der Waals surface area (Å²) < 4.78 is 31.9. The summed E-state index contributed by atoms with van der Waals surface area (Å²) in [6.45, 7) is 27.1. The Morgan fingerprint density at radius 2 is 0.924 bits per heavy atom. The van der Waals surface area contributed by atoms with E-state index in [1.165, 1.54) is 86.4 Å². The average molecular weight is 1380 g/mol. The number of pyridine rings is 1. The zero-order valence-corrected chi connectivity index (χ0v) is 57.8. The molecule has 0 unspecified atom stereocenters. The van der Waals surface area contributed by atoms with E-state index in [9.17, 15) is 0 Å². The summed E-state index contributed by atoms with van der Waals surface area (Å²) in [4.78, 5) is 4.64. The van der Waals surface area contributed by atoms with Gasteiger partial charge in [0.15, 0.2) is 0 Å². The molecular weight excluding hydrogens is 1300 g/mol.